The molecule has 102 valence electrons. The molecule has 0 saturated heterocycles. The molecule has 0 N–H and O–H groups in total. The Morgan fingerprint density at radius 1 is 1.22 bits per heavy atom. The van der Waals surface area contributed by atoms with Crippen LogP contribution >= 0.6 is 0 Å². The minimum absolute atomic E-state index is 0.448. The minimum atomic E-state index is 0.448. The van der Waals surface area contributed by atoms with E-state index in [9.17, 15) is 0 Å². The van der Waals surface area contributed by atoms with Gasteiger partial charge in [0.2, 0.25) is 5.88 Å². The molecule has 18 heavy (non-hydrogen) atoms. The van der Waals surface area contributed by atoms with E-state index in [0.29, 0.717) is 5.92 Å². The summed E-state index contributed by atoms with van der Waals surface area (Å²) in [5.74, 6) is 1.20. The van der Waals surface area contributed by atoms with Crippen molar-refractivity contribution in [1.29, 1.82) is 0 Å². The summed E-state index contributed by atoms with van der Waals surface area (Å²) in [4.78, 5) is 6.90. The smallest absolute Gasteiger partial charge is 0.213 e. The van der Waals surface area contributed by atoms with Gasteiger partial charge in [0.15, 0.2) is 0 Å². The highest BCUT2D eigenvalue weighted by molar-refractivity contribution is 5.17. The van der Waals surface area contributed by atoms with Crippen molar-refractivity contribution in [3.05, 3.63) is 23.9 Å². The average molecular weight is 250 g/mol. The van der Waals surface area contributed by atoms with Gasteiger partial charge in [-0.15, -0.1) is 0 Å². The lowest BCUT2D eigenvalue weighted by molar-refractivity contribution is 0.244. The fourth-order valence-electron chi connectivity index (χ4n) is 1.84. The third-order valence-electron chi connectivity index (χ3n) is 3.10. The first-order valence-electron chi connectivity index (χ1n) is 6.99. The number of aromatic nitrogens is 1. The third-order valence-corrected chi connectivity index (χ3v) is 3.10. The second-order valence-corrected chi connectivity index (χ2v) is 4.78. The van der Waals surface area contributed by atoms with Gasteiger partial charge < -0.3 is 9.64 Å². The Hall–Kier alpha value is -1.09. The van der Waals surface area contributed by atoms with Crippen molar-refractivity contribution in [2.24, 2.45) is 0 Å². The average Bonchev–Trinajstić information content (AvgIpc) is 2.39. The molecule has 0 fully saturated rings. The topological polar surface area (TPSA) is 25.4 Å². The molecule has 0 aliphatic carbocycles. The van der Waals surface area contributed by atoms with Gasteiger partial charge in [-0.2, -0.15) is 0 Å². The van der Waals surface area contributed by atoms with Gasteiger partial charge in [-0.05, 0) is 31.5 Å². The molecule has 1 aromatic heterocycles. The predicted molar refractivity (Wildman–Crippen MR) is 76.2 cm³/mol. The number of rotatable bonds is 8. The van der Waals surface area contributed by atoms with E-state index in [1.54, 1.807) is 0 Å². The highest BCUT2D eigenvalue weighted by Crippen LogP contribution is 2.15. The molecule has 0 aliphatic rings. The van der Waals surface area contributed by atoms with Crippen LogP contribution in [-0.4, -0.2) is 36.1 Å². The molecule has 0 amide bonds. The van der Waals surface area contributed by atoms with Gasteiger partial charge in [0.05, 0.1) is 6.61 Å². The van der Waals surface area contributed by atoms with E-state index in [2.05, 4.69) is 37.6 Å². The lowest BCUT2D eigenvalue weighted by Gasteiger charge is -2.17. The van der Waals surface area contributed by atoms with Gasteiger partial charge in [-0.25, -0.2) is 4.98 Å². The lowest BCUT2D eigenvalue weighted by Crippen LogP contribution is -2.25. The summed E-state index contributed by atoms with van der Waals surface area (Å²) in [5, 5.41) is 0. The van der Waals surface area contributed by atoms with Crippen molar-refractivity contribution in [1.82, 2.24) is 9.88 Å². The number of pyridine rings is 1. The Morgan fingerprint density at radius 2 is 1.94 bits per heavy atom. The number of nitrogens with zero attached hydrogens (tertiary/aromatic N) is 2. The van der Waals surface area contributed by atoms with Crippen LogP contribution < -0.4 is 4.74 Å². The van der Waals surface area contributed by atoms with Gasteiger partial charge >= 0.3 is 0 Å². The van der Waals surface area contributed by atoms with E-state index < -0.39 is 0 Å². The fraction of sp³-hybridized carbons (Fsp3) is 0.667. The molecular weight excluding hydrogens is 224 g/mol. The zero-order valence-corrected chi connectivity index (χ0v) is 12.1. The van der Waals surface area contributed by atoms with E-state index in [1.165, 1.54) is 0 Å². The first-order valence-corrected chi connectivity index (χ1v) is 6.99. The van der Waals surface area contributed by atoms with Crippen LogP contribution in [0.15, 0.2) is 18.2 Å². The Balaban J connectivity index is 2.33. The molecule has 0 atom stereocenters. The van der Waals surface area contributed by atoms with Crippen molar-refractivity contribution in [2.75, 3.05) is 26.2 Å². The Morgan fingerprint density at radius 3 is 2.56 bits per heavy atom. The van der Waals surface area contributed by atoms with Crippen LogP contribution in [0.1, 0.15) is 45.7 Å². The summed E-state index contributed by atoms with van der Waals surface area (Å²) in [6, 6.07) is 6.00. The highest BCUT2D eigenvalue weighted by atomic mass is 16.5. The lowest BCUT2D eigenvalue weighted by atomic mass is 10.1. The first-order chi connectivity index (χ1) is 8.67. The Labute approximate surface area is 111 Å². The molecule has 1 rings (SSSR count). The van der Waals surface area contributed by atoms with E-state index in [-0.39, 0.29) is 0 Å². The molecule has 0 unspecified atom stereocenters. The van der Waals surface area contributed by atoms with E-state index in [0.717, 1.165) is 44.2 Å². The molecule has 0 aromatic carbocycles. The van der Waals surface area contributed by atoms with E-state index in [4.69, 9.17) is 4.74 Å². The zero-order valence-electron chi connectivity index (χ0n) is 12.1. The molecule has 3 heteroatoms. The van der Waals surface area contributed by atoms with Crippen LogP contribution in [0.25, 0.3) is 0 Å². The number of ether oxygens (including phenoxy) is 1. The normalized spacial score (nSPS) is 11.2. The van der Waals surface area contributed by atoms with Crippen molar-refractivity contribution in [3.8, 4) is 5.88 Å². The van der Waals surface area contributed by atoms with Gasteiger partial charge in [0.1, 0.15) is 0 Å². The maximum Gasteiger partial charge on any atom is 0.213 e. The van der Waals surface area contributed by atoms with Crippen molar-refractivity contribution < 1.29 is 4.74 Å². The van der Waals surface area contributed by atoms with Crippen LogP contribution in [0.2, 0.25) is 0 Å². The quantitative estimate of drug-likeness (QED) is 0.662. The Kier molecular flexibility index (Phi) is 6.73. The fourth-order valence-corrected chi connectivity index (χ4v) is 1.84. The van der Waals surface area contributed by atoms with Crippen LogP contribution in [0.3, 0.4) is 0 Å². The largest absolute Gasteiger partial charge is 0.478 e. The first kappa shape index (κ1) is 15.0. The summed E-state index contributed by atoms with van der Waals surface area (Å²) in [6.07, 6.45) is 1.05. The molecule has 0 saturated carbocycles. The summed E-state index contributed by atoms with van der Waals surface area (Å²) in [6.45, 7) is 12.7. The predicted octanol–water partition coefficient (Wildman–Crippen LogP) is 3.32. The maximum absolute atomic E-state index is 5.70. The minimum Gasteiger partial charge on any atom is -0.478 e. The van der Waals surface area contributed by atoms with Crippen molar-refractivity contribution in [3.63, 3.8) is 0 Å². The number of hydrogen-bond acceptors (Lipinski definition) is 3. The van der Waals surface area contributed by atoms with Gasteiger partial charge in [-0.3, -0.25) is 0 Å². The summed E-state index contributed by atoms with van der Waals surface area (Å²) < 4.78 is 5.70. The molecule has 0 spiro atoms. The molecule has 3 nitrogen and oxygen atoms in total. The maximum atomic E-state index is 5.70. The van der Waals surface area contributed by atoms with Crippen LogP contribution in [0.4, 0.5) is 0 Å². The van der Waals surface area contributed by atoms with E-state index >= 15 is 0 Å². The number of hydrogen-bond donors (Lipinski definition) is 0. The monoisotopic (exact) mass is 250 g/mol. The highest BCUT2D eigenvalue weighted by Gasteiger charge is 2.03. The summed E-state index contributed by atoms with van der Waals surface area (Å²) >= 11 is 0. The third kappa shape index (κ3) is 5.05. The summed E-state index contributed by atoms with van der Waals surface area (Å²) in [5.41, 5.74) is 1.09. The zero-order chi connectivity index (χ0) is 13.4. The van der Waals surface area contributed by atoms with Gasteiger partial charge in [-0.1, -0.05) is 33.8 Å². The standard InChI is InChI=1S/C15H26N2O/c1-5-17(6-2)11-8-12-18-15-10-7-9-14(16-15)13(3)4/h7,9-10,13H,5-6,8,11-12H2,1-4H3. The molecule has 0 aliphatic heterocycles. The summed E-state index contributed by atoms with van der Waals surface area (Å²) in [7, 11) is 0. The van der Waals surface area contributed by atoms with Crippen molar-refractivity contribution >= 4 is 0 Å². The van der Waals surface area contributed by atoms with E-state index in [1.807, 2.05) is 18.2 Å². The SMILES string of the molecule is CCN(CC)CCCOc1cccc(C(C)C)n1. The van der Waals surface area contributed by atoms with Gasteiger partial charge in [0, 0.05) is 18.3 Å². The van der Waals surface area contributed by atoms with Crippen molar-refractivity contribution in [2.45, 2.75) is 40.0 Å². The molecular formula is C15H26N2O. The molecule has 1 aromatic rings. The molecule has 0 bridgehead atoms. The van der Waals surface area contributed by atoms with Crippen LogP contribution in [-0.2, 0) is 0 Å². The van der Waals surface area contributed by atoms with Gasteiger partial charge in [0.25, 0.3) is 0 Å². The Bertz CT molecular complexity index is 335. The second kappa shape index (κ2) is 8.09. The molecule has 0 radical (unpaired) electrons. The van der Waals surface area contributed by atoms with Crippen LogP contribution in [0.5, 0.6) is 5.88 Å². The molecule has 1 heterocycles. The van der Waals surface area contributed by atoms with Crippen LogP contribution in [0, 0.1) is 0 Å². The second-order valence-electron chi connectivity index (χ2n) is 4.78.